The van der Waals surface area contributed by atoms with Gasteiger partial charge in [-0.25, -0.2) is 0 Å². The number of hydrogen-bond donors (Lipinski definition) is 0. The van der Waals surface area contributed by atoms with E-state index < -0.39 is 0 Å². The van der Waals surface area contributed by atoms with Gasteiger partial charge in [0.25, 0.3) is 0 Å². The minimum atomic E-state index is -0.0983. The summed E-state index contributed by atoms with van der Waals surface area (Å²) in [6.45, 7) is 0. The number of aromatic nitrogens is 4. The van der Waals surface area contributed by atoms with E-state index in [0.29, 0.717) is 16.5 Å². The van der Waals surface area contributed by atoms with E-state index in [2.05, 4.69) is 15.5 Å². The van der Waals surface area contributed by atoms with Gasteiger partial charge in [-0.2, -0.15) is 4.68 Å². The summed E-state index contributed by atoms with van der Waals surface area (Å²) in [5.74, 6) is 0.453. The summed E-state index contributed by atoms with van der Waals surface area (Å²) in [6, 6.07) is 18.9. The standard InChI is InChI=1S/C17H12N4O2S/c22-14(16-10-12-6-4-5-9-15(12)23-16)11-24-17-18-19-20-21(17)13-7-2-1-3-8-13/h1-10H,11H2. The lowest BCUT2D eigenvalue weighted by atomic mass is 10.2. The number of carbonyl (C=O) groups excluding carboxylic acids is 1. The first-order chi connectivity index (χ1) is 11.8. The zero-order valence-corrected chi connectivity index (χ0v) is 13.3. The molecule has 0 unspecified atom stereocenters. The third kappa shape index (κ3) is 2.81. The van der Waals surface area contributed by atoms with Crippen LogP contribution in [-0.4, -0.2) is 31.7 Å². The molecule has 0 atom stereocenters. The second kappa shape index (κ2) is 6.29. The Bertz CT molecular complexity index is 961. The molecule has 0 aliphatic carbocycles. The minimum absolute atomic E-state index is 0.0983. The Labute approximate surface area is 141 Å². The summed E-state index contributed by atoms with van der Waals surface area (Å²) in [7, 11) is 0. The summed E-state index contributed by atoms with van der Waals surface area (Å²) in [4.78, 5) is 12.4. The van der Waals surface area contributed by atoms with E-state index in [1.165, 1.54) is 11.8 Å². The molecule has 0 spiro atoms. The molecule has 2 aromatic heterocycles. The Morgan fingerprint density at radius 3 is 2.71 bits per heavy atom. The van der Waals surface area contributed by atoms with Crippen LogP contribution in [0.4, 0.5) is 0 Å². The Morgan fingerprint density at radius 1 is 1.08 bits per heavy atom. The van der Waals surface area contributed by atoms with Gasteiger partial charge in [-0.05, 0) is 34.7 Å². The highest BCUT2D eigenvalue weighted by atomic mass is 32.2. The quantitative estimate of drug-likeness (QED) is 0.411. The number of tetrazole rings is 1. The Morgan fingerprint density at radius 2 is 1.88 bits per heavy atom. The fraction of sp³-hybridized carbons (Fsp3) is 0.0588. The molecule has 0 saturated carbocycles. The van der Waals surface area contributed by atoms with E-state index in [1.54, 1.807) is 10.7 Å². The summed E-state index contributed by atoms with van der Waals surface area (Å²) in [5, 5.41) is 13.1. The molecule has 0 aliphatic heterocycles. The molecular formula is C17H12N4O2S. The maximum absolute atomic E-state index is 12.4. The van der Waals surface area contributed by atoms with E-state index >= 15 is 0 Å². The second-order valence-electron chi connectivity index (χ2n) is 5.07. The molecule has 2 aromatic carbocycles. The average molecular weight is 336 g/mol. The van der Waals surface area contributed by atoms with Crippen LogP contribution < -0.4 is 0 Å². The number of fused-ring (bicyclic) bond motifs is 1. The third-order valence-electron chi connectivity index (χ3n) is 3.47. The molecule has 24 heavy (non-hydrogen) atoms. The van der Waals surface area contributed by atoms with Crippen molar-refractivity contribution < 1.29 is 9.21 Å². The molecule has 0 radical (unpaired) electrons. The maximum Gasteiger partial charge on any atom is 0.214 e. The Hall–Kier alpha value is -2.93. The molecule has 0 N–H and O–H groups in total. The van der Waals surface area contributed by atoms with E-state index in [4.69, 9.17) is 4.42 Å². The number of furan rings is 1. The van der Waals surface area contributed by atoms with Gasteiger partial charge in [0.05, 0.1) is 11.4 Å². The molecule has 0 fully saturated rings. The minimum Gasteiger partial charge on any atom is -0.453 e. The zero-order valence-electron chi connectivity index (χ0n) is 12.5. The first kappa shape index (κ1) is 14.6. The van der Waals surface area contributed by atoms with Crippen molar-refractivity contribution in [3.63, 3.8) is 0 Å². The lowest BCUT2D eigenvalue weighted by molar-refractivity contribution is 0.0994. The number of thioether (sulfide) groups is 1. The first-order valence-corrected chi connectivity index (χ1v) is 8.28. The molecule has 118 valence electrons. The predicted octanol–water partition coefficient (Wildman–Crippen LogP) is 3.38. The predicted molar refractivity (Wildman–Crippen MR) is 90.4 cm³/mol. The van der Waals surface area contributed by atoms with Crippen molar-refractivity contribution in [2.75, 3.05) is 5.75 Å². The van der Waals surface area contributed by atoms with Gasteiger partial charge in [-0.1, -0.05) is 48.2 Å². The summed E-state index contributed by atoms with van der Waals surface area (Å²) < 4.78 is 7.20. The van der Waals surface area contributed by atoms with Crippen molar-refractivity contribution in [3.05, 3.63) is 66.4 Å². The van der Waals surface area contributed by atoms with Gasteiger partial charge < -0.3 is 4.42 Å². The van der Waals surface area contributed by atoms with Gasteiger partial charge in [0.1, 0.15) is 5.58 Å². The van der Waals surface area contributed by atoms with Crippen LogP contribution in [0, 0.1) is 0 Å². The van der Waals surface area contributed by atoms with Crippen molar-refractivity contribution in [1.82, 2.24) is 20.2 Å². The molecule has 0 saturated heterocycles. The topological polar surface area (TPSA) is 73.8 Å². The van der Waals surface area contributed by atoms with Gasteiger partial charge in [0.2, 0.25) is 10.9 Å². The second-order valence-corrected chi connectivity index (χ2v) is 6.01. The lowest BCUT2D eigenvalue weighted by Gasteiger charge is -2.02. The monoisotopic (exact) mass is 336 g/mol. The van der Waals surface area contributed by atoms with Crippen LogP contribution in [0.25, 0.3) is 16.7 Å². The number of nitrogens with zero attached hydrogens (tertiary/aromatic N) is 4. The van der Waals surface area contributed by atoms with Gasteiger partial charge in [0.15, 0.2) is 5.76 Å². The molecule has 4 rings (SSSR count). The van der Waals surface area contributed by atoms with Gasteiger partial charge in [-0.3, -0.25) is 4.79 Å². The van der Waals surface area contributed by atoms with Crippen LogP contribution >= 0.6 is 11.8 Å². The summed E-state index contributed by atoms with van der Waals surface area (Å²) in [5.41, 5.74) is 1.56. The Kier molecular flexibility index (Phi) is 3.84. The van der Waals surface area contributed by atoms with Crippen molar-refractivity contribution in [3.8, 4) is 5.69 Å². The highest BCUT2D eigenvalue weighted by molar-refractivity contribution is 7.99. The number of ketones is 1. The molecular weight excluding hydrogens is 324 g/mol. The third-order valence-corrected chi connectivity index (χ3v) is 4.39. The normalized spacial score (nSPS) is 11.0. The fourth-order valence-electron chi connectivity index (χ4n) is 2.32. The lowest BCUT2D eigenvalue weighted by Crippen LogP contribution is -2.04. The number of para-hydroxylation sites is 2. The SMILES string of the molecule is O=C(CSc1nnnn1-c1ccccc1)c1cc2ccccc2o1. The molecule has 0 aliphatic rings. The van der Waals surface area contributed by atoms with Crippen molar-refractivity contribution >= 4 is 28.5 Å². The van der Waals surface area contributed by atoms with Crippen LogP contribution in [0.3, 0.4) is 0 Å². The molecule has 2 heterocycles. The highest BCUT2D eigenvalue weighted by Crippen LogP contribution is 2.23. The van der Waals surface area contributed by atoms with Crippen molar-refractivity contribution in [1.29, 1.82) is 0 Å². The molecule has 0 amide bonds. The van der Waals surface area contributed by atoms with Crippen LogP contribution in [0.15, 0.2) is 70.2 Å². The van der Waals surface area contributed by atoms with Crippen LogP contribution in [-0.2, 0) is 0 Å². The smallest absolute Gasteiger partial charge is 0.214 e. The Balaban J connectivity index is 1.51. The van der Waals surface area contributed by atoms with E-state index in [9.17, 15) is 4.79 Å². The van der Waals surface area contributed by atoms with Crippen molar-refractivity contribution in [2.24, 2.45) is 0 Å². The maximum atomic E-state index is 12.4. The van der Waals surface area contributed by atoms with Gasteiger partial charge in [0, 0.05) is 5.39 Å². The van der Waals surface area contributed by atoms with Gasteiger partial charge in [-0.15, -0.1) is 5.10 Å². The molecule has 0 bridgehead atoms. The summed E-state index contributed by atoms with van der Waals surface area (Å²) in [6.07, 6.45) is 0. The van der Waals surface area contributed by atoms with Crippen LogP contribution in [0.5, 0.6) is 0 Å². The van der Waals surface area contributed by atoms with Crippen LogP contribution in [0.1, 0.15) is 10.6 Å². The largest absolute Gasteiger partial charge is 0.453 e. The number of benzene rings is 2. The number of carbonyl (C=O) groups is 1. The zero-order chi connectivity index (χ0) is 16.4. The van der Waals surface area contributed by atoms with E-state index in [-0.39, 0.29) is 11.5 Å². The number of Topliss-reactive ketones (excluding diaryl/α,β-unsaturated/α-hetero) is 1. The molecule has 4 aromatic rings. The van der Waals surface area contributed by atoms with Crippen LogP contribution in [0.2, 0.25) is 0 Å². The first-order valence-electron chi connectivity index (χ1n) is 7.29. The highest BCUT2D eigenvalue weighted by Gasteiger charge is 2.15. The van der Waals surface area contributed by atoms with E-state index in [0.717, 1.165) is 11.1 Å². The van der Waals surface area contributed by atoms with E-state index in [1.807, 2.05) is 54.6 Å². The van der Waals surface area contributed by atoms with Gasteiger partial charge >= 0.3 is 0 Å². The average Bonchev–Trinajstić information content (AvgIpc) is 3.27. The number of hydrogen-bond acceptors (Lipinski definition) is 6. The molecule has 6 nitrogen and oxygen atoms in total. The van der Waals surface area contributed by atoms with Crippen molar-refractivity contribution in [2.45, 2.75) is 5.16 Å². The molecule has 7 heteroatoms. The summed E-state index contributed by atoms with van der Waals surface area (Å²) >= 11 is 1.28. The fourth-order valence-corrected chi connectivity index (χ4v) is 3.08. The number of rotatable bonds is 5.